The summed E-state index contributed by atoms with van der Waals surface area (Å²) >= 11 is 0. The first-order valence-electron chi connectivity index (χ1n) is 6.35. The second-order valence-electron chi connectivity index (χ2n) is 4.90. The van der Waals surface area contributed by atoms with Crippen LogP contribution in [-0.4, -0.2) is 36.5 Å². The number of hydrogen-bond donors (Lipinski definition) is 3. The van der Waals surface area contributed by atoms with Gasteiger partial charge in [-0.3, -0.25) is 9.59 Å². The van der Waals surface area contributed by atoms with Gasteiger partial charge in [-0.2, -0.15) is 0 Å². The summed E-state index contributed by atoms with van der Waals surface area (Å²) in [5, 5.41) is 8.68. The summed E-state index contributed by atoms with van der Waals surface area (Å²) in [4.78, 5) is 23.5. The maximum absolute atomic E-state index is 11.8. The Kier molecular flexibility index (Phi) is 5.41. The molecule has 5 heteroatoms. The SMILES string of the molecule is CC(C)NC(=O)C(C)NC(=O)[C@H]1CCCCN1. The van der Waals surface area contributed by atoms with Crippen molar-refractivity contribution in [2.75, 3.05) is 6.54 Å². The predicted molar refractivity (Wildman–Crippen MR) is 66.5 cm³/mol. The molecule has 0 radical (unpaired) electrons. The van der Waals surface area contributed by atoms with Crippen LogP contribution in [0.1, 0.15) is 40.0 Å². The molecule has 2 atom stereocenters. The number of amides is 2. The van der Waals surface area contributed by atoms with E-state index < -0.39 is 6.04 Å². The molecule has 0 spiro atoms. The van der Waals surface area contributed by atoms with Gasteiger partial charge in [0.2, 0.25) is 11.8 Å². The predicted octanol–water partition coefficient (Wildman–Crippen LogP) is 0.158. The molecule has 0 aromatic carbocycles. The third-order valence-corrected chi connectivity index (χ3v) is 2.81. The molecule has 1 heterocycles. The molecule has 17 heavy (non-hydrogen) atoms. The van der Waals surface area contributed by atoms with Crippen LogP contribution >= 0.6 is 0 Å². The van der Waals surface area contributed by atoms with Gasteiger partial charge < -0.3 is 16.0 Å². The zero-order chi connectivity index (χ0) is 12.8. The van der Waals surface area contributed by atoms with Crippen LogP contribution in [0, 0.1) is 0 Å². The number of carbonyl (C=O) groups is 2. The maximum atomic E-state index is 11.8. The standard InChI is InChI=1S/C12H23N3O2/c1-8(2)14-11(16)9(3)15-12(17)10-6-4-5-7-13-10/h8-10,13H,4-7H2,1-3H3,(H,14,16)(H,15,17)/t9?,10-/m1/s1. The zero-order valence-electron chi connectivity index (χ0n) is 10.9. The van der Waals surface area contributed by atoms with E-state index in [0.29, 0.717) is 0 Å². The lowest BCUT2D eigenvalue weighted by atomic mass is 10.0. The summed E-state index contributed by atoms with van der Waals surface area (Å²) in [7, 11) is 0. The molecule has 0 aromatic rings. The number of piperidine rings is 1. The second-order valence-corrected chi connectivity index (χ2v) is 4.90. The van der Waals surface area contributed by atoms with E-state index in [1.54, 1.807) is 6.92 Å². The summed E-state index contributed by atoms with van der Waals surface area (Å²) < 4.78 is 0. The van der Waals surface area contributed by atoms with Gasteiger partial charge in [-0.15, -0.1) is 0 Å². The van der Waals surface area contributed by atoms with Gasteiger partial charge in [0.05, 0.1) is 6.04 Å². The molecule has 2 amide bonds. The van der Waals surface area contributed by atoms with Gasteiger partial charge in [0.15, 0.2) is 0 Å². The molecule has 0 bridgehead atoms. The van der Waals surface area contributed by atoms with Gasteiger partial charge in [-0.25, -0.2) is 0 Å². The van der Waals surface area contributed by atoms with Crippen LogP contribution in [0.5, 0.6) is 0 Å². The van der Waals surface area contributed by atoms with E-state index in [9.17, 15) is 9.59 Å². The van der Waals surface area contributed by atoms with E-state index >= 15 is 0 Å². The first-order valence-corrected chi connectivity index (χ1v) is 6.35. The van der Waals surface area contributed by atoms with Gasteiger partial charge >= 0.3 is 0 Å². The van der Waals surface area contributed by atoms with Crippen molar-refractivity contribution in [2.24, 2.45) is 0 Å². The van der Waals surface area contributed by atoms with E-state index in [2.05, 4.69) is 16.0 Å². The number of nitrogens with one attached hydrogen (secondary N) is 3. The molecule has 1 saturated heterocycles. The normalized spacial score (nSPS) is 22.0. The Balaban J connectivity index is 2.36. The minimum Gasteiger partial charge on any atom is -0.352 e. The topological polar surface area (TPSA) is 70.2 Å². The molecule has 0 aromatic heterocycles. The fourth-order valence-corrected chi connectivity index (χ4v) is 1.86. The maximum Gasteiger partial charge on any atom is 0.242 e. The lowest BCUT2D eigenvalue weighted by Gasteiger charge is -2.24. The summed E-state index contributed by atoms with van der Waals surface area (Å²) in [6, 6.07) is -0.527. The molecular weight excluding hydrogens is 218 g/mol. The van der Waals surface area contributed by atoms with Crippen LogP contribution in [0.25, 0.3) is 0 Å². The van der Waals surface area contributed by atoms with Crippen LogP contribution < -0.4 is 16.0 Å². The van der Waals surface area contributed by atoms with E-state index in [1.807, 2.05) is 13.8 Å². The quantitative estimate of drug-likeness (QED) is 0.656. The molecule has 1 fully saturated rings. The smallest absolute Gasteiger partial charge is 0.242 e. The first-order chi connectivity index (χ1) is 8.00. The van der Waals surface area contributed by atoms with Crippen molar-refractivity contribution in [1.82, 2.24) is 16.0 Å². The van der Waals surface area contributed by atoms with Crippen molar-refractivity contribution in [3.63, 3.8) is 0 Å². The molecule has 5 nitrogen and oxygen atoms in total. The summed E-state index contributed by atoms with van der Waals surface area (Å²) in [5.74, 6) is -0.208. The van der Waals surface area contributed by atoms with Crippen molar-refractivity contribution >= 4 is 11.8 Å². The highest BCUT2D eigenvalue weighted by atomic mass is 16.2. The average molecular weight is 241 g/mol. The van der Waals surface area contributed by atoms with Crippen LogP contribution in [0.15, 0.2) is 0 Å². The van der Waals surface area contributed by atoms with Crippen molar-refractivity contribution in [3.05, 3.63) is 0 Å². The van der Waals surface area contributed by atoms with Crippen molar-refractivity contribution < 1.29 is 9.59 Å². The van der Waals surface area contributed by atoms with Gasteiger partial charge in [0, 0.05) is 6.04 Å². The van der Waals surface area contributed by atoms with E-state index in [4.69, 9.17) is 0 Å². The molecule has 1 aliphatic rings. The minimum atomic E-state index is -0.478. The highest BCUT2D eigenvalue weighted by Crippen LogP contribution is 2.06. The summed E-state index contributed by atoms with van der Waals surface area (Å²) in [6.45, 7) is 6.38. The lowest BCUT2D eigenvalue weighted by Crippen LogP contribution is -2.53. The molecule has 1 unspecified atom stereocenters. The van der Waals surface area contributed by atoms with Gasteiger partial charge in [0.1, 0.15) is 6.04 Å². The van der Waals surface area contributed by atoms with Crippen molar-refractivity contribution in [1.29, 1.82) is 0 Å². The Morgan fingerprint density at radius 3 is 2.41 bits per heavy atom. The number of carbonyl (C=O) groups excluding carboxylic acids is 2. The van der Waals surface area contributed by atoms with Crippen LogP contribution in [0.4, 0.5) is 0 Å². The third-order valence-electron chi connectivity index (χ3n) is 2.81. The van der Waals surface area contributed by atoms with Gasteiger partial charge in [-0.05, 0) is 40.2 Å². The minimum absolute atomic E-state index is 0.0730. The second kappa shape index (κ2) is 6.59. The van der Waals surface area contributed by atoms with Crippen molar-refractivity contribution in [3.8, 4) is 0 Å². The highest BCUT2D eigenvalue weighted by molar-refractivity contribution is 5.89. The largest absolute Gasteiger partial charge is 0.352 e. The highest BCUT2D eigenvalue weighted by Gasteiger charge is 2.23. The third kappa shape index (κ3) is 4.73. The molecule has 98 valence electrons. The Bertz CT molecular complexity index is 273. The van der Waals surface area contributed by atoms with Crippen LogP contribution in [0.3, 0.4) is 0 Å². The Morgan fingerprint density at radius 2 is 1.88 bits per heavy atom. The summed E-state index contributed by atoms with van der Waals surface area (Å²) in [6.07, 6.45) is 3.04. The molecule has 1 rings (SSSR count). The molecular formula is C12H23N3O2. The first kappa shape index (κ1) is 14.0. The fraction of sp³-hybridized carbons (Fsp3) is 0.833. The lowest BCUT2D eigenvalue weighted by molar-refractivity contribution is -0.130. The van der Waals surface area contributed by atoms with Crippen LogP contribution in [0.2, 0.25) is 0 Å². The average Bonchev–Trinajstić information content (AvgIpc) is 2.29. The van der Waals surface area contributed by atoms with Gasteiger partial charge in [-0.1, -0.05) is 6.42 Å². The Hall–Kier alpha value is -1.10. The number of rotatable bonds is 4. The van der Waals surface area contributed by atoms with E-state index in [1.165, 1.54) is 0 Å². The zero-order valence-corrected chi connectivity index (χ0v) is 10.9. The van der Waals surface area contributed by atoms with E-state index in [0.717, 1.165) is 25.8 Å². The van der Waals surface area contributed by atoms with Crippen LogP contribution in [-0.2, 0) is 9.59 Å². The molecule has 0 aliphatic carbocycles. The fourth-order valence-electron chi connectivity index (χ4n) is 1.86. The Morgan fingerprint density at radius 1 is 1.18 bits per heavy atom. The van der Waals surface area contributed by atoms with E-state index in [-0.39, 0.29) is 23.9 Å². The number of hydrogen-bond acceptors (Lipinski definition) is 3. The Labute approximate surface area is 103 Å². The molecule has 3 N–H and O–H groups in total. The van der Waals surface area contributed by atoms with Crippen molar-refractivity contribution in [2.45, 2.75) is 58.2 Å². The molecule has 1 aliphatic heterocycles. The molecule has 0 saturated carbocycles. The monoisotopic (exact) mass is 241 g/mol. The van der Waals surface area contributed by atoms with Gasteiger partial charge in [0.25, 0.3) is 0 Å². The summed E-state index contributed by atoms with van der Waals surface area (Å²) in [5.41, 5.74) is 0.